The van der Waals surface area contributed by atoms with Crippen molar-refractivity contribution in [3.05, 3.63) is 72.2 Å². The molecule has 3 rings (SSSR count). The Kier molecular flexibility index (Phi) is 6.62. The first-order valence-electron chi connectivity index (χ1n) is 9.32. The van der Waals surface area contributed by atoms with Gasteiger partial charge in [0.15, 0.2) is 5.96 Å². The maximum atomic E-state index is 4.43. The Labute approximate surface area is 166 Å². The molecule has 0 amide bonds. The summed E-state index contributed by atoms with van der Waals surface area (Å²) in [4.78, 5) is 10.7. The number of hydrogen-bond acceptors (Lipinski definition) is 4. The van der Waals surface area contributed by atoms with E-state index < -0.39 is 0 Å². The topological polar surface area (TPSA) is 70.4 Å². The van der Waals surface area contributed by atoms with Gasteiger partial charge in [-0.15, -0.1) is 0 Å². The van der Waals surface area contributed by atoms with Crippen LogP contribution in [0.4, 0.5) is 5.82 Å². The van der Waals surface area contributed by atoms with E-state index in [-0.39, 0.29) is 0 Å². The molecule has 28 heavy (non-hydrogen) atoms. The van der Waals surface area contributed by atoms with Crippen LogP contribution in [0.25, 0.3) is 5.69 Å². The Hall–Kier alpha value is -3.35. The summed E-state index contributed by atoms with van der Waals surface area (Å²) >= 11 is 0. The molecule has 0 unspecified atom stereocenters. The SMILES string of the molecule is CN=C(NCCc1ccc(-n2cccn2)cc1)NCc1cccnc1N(C)C. The van der Waals surface area contributed by atoms with Crippen LogP contribution in [0.3, 0.4) is 0 Å². The standard InChI is InChI=1S/C21H27N7/c1-22-21(25-16-18-6-4-12-23-20(18)27(2)3)24-14-11-17-7-9-19(10-8-17)28-15-5-13-26-28/h4-10,12-13,15H,11,14,16H2,1-3H3,(H2,22,24,25). The lowest BCUT2D eigenvalue weighted by molar-refractivity contribution is 0.790. The minimum atomic E-state index is 0.666. The number of guanidine groups is 1. The summed E-state index contributed by atoms with van der Waals surface area (Å²) in [6.07, 6.45) is 6.44. The summed E-state index contributed by atoms with van der Waals surface area (Å²) in [6, 6.07) is 14.4. The van der Waals surface area contributed by atoms with Crippen LogP contribution in [-0.2, 0) is 13.0 Å². The molecule has 0 fully saturated rings. The highest BCUT2D eigenvalue weighted by Gasteiger charge is 2.06. The summed E-state index contributed by atoms with van der Waals surface area (Å²) in [6.45, 7) is 1.47. The molecule has 0 bridgehead atoms. The lowest BCUT2D eigenvalue weighted by Crippen LogP contribution is -2.38. The molecule has 0 aliphatic carbocycles. The molecule has 0 atom stereocenters. The fraction of sp³-hybridized carbons (Fsp3) is 0.286. The van der Waals surface area contributed by atoms with E-state index in [9.17, 15) is 0 Å². The van der Waals surface area contributed by atoms with Crippen LogP contribution >= 0.6 is 0 Å². The normalized spacial score (nSPS) is 11.3. The molecule has 7 nitrogen and oxygen atoms in total. The third-order valence-electron chi connectivity index (χ3n) is 4.37. The molecule has 0 radical (unpaired) electrons. The second-order valence-corrected chi connectivity index (χ2v) is 6.60. The molecule has 7 heteroatoms. The van der Waals surface area contributed by atoms with Gasteiger partial charge >= 0.3 is 0 Å². The lowest BCUT2D eigenvalue weighted by Gasteiger charge is -2.17. The molecular formula is C21H27N7. The van der Waals surface area contributed by atoms with Crippen molar-refractivity contribution in [1.29, 1.82) is 0 Å². The summed E-state index contributed by atoms with van der Waals surface area (Å²) in [7, 11) is 5.78. The van der Waals surface area contributed by atoms with E-state index in [1.165, 1.54) is 5.56 Å². The van der Waals surface area contributed by atoms with Gasteiger partial charge in [-0.25, -0.2) is 9.67 Å². The lowest BCUT2D eigenvalue weighted by atomic mass is 10.1. The zero-order valence-corrected chi connectivity index (χ0v) is 16.6. The van der Waals surface area contributed by atoms with Gasteiger partial charge < -0.3 is 15.5 Å². The Morgan fingerprint density at radius 3 is 2.57 bits per heavy atom. The van der Waals surface area contributed by atoms with Crippen molar-refractivity contribution in [3.63, 3.8) is 0 Å². The van der Waals surface area contributed by atoms with Gasteiger partial charge in [-0.2, -0.15) is 5.10 Å². The second-order valence-electron chi connectivity index (χ2n) is 6.60. The Balaban J connectivity index is 1.48. The van der Waals surface area contributed by atoms with E-state index in [0.717, 1.165) is 36.0 Å². The van der Waals surface area contributed by atoms with Gasteiger partial charge in [0, 0.05) is 58.4 Å². The van der Waals surface area contributed by atoms with Gasteiger partial charge in [0.1, 0.15) is 5.82 Å². The summed E-state index contributed by atoms with van der Waals surface area (Å²) in [5.74, 6) is 1.74. The second kappa shape index (κ2) is 9.55. The molecule has 1 aromatic carbocycles. The maximum absolute atomic E-state index is 4.43. The van der Waals surface area contributed by atoms with Crippen LogP contribution in [0.1, 0.15) is 11.1 Å². The predicted molar refractivity (Wildman–Crippen MR) is 114 cm³/mol. The van der Waals surface area contributed by atoms with Crippen molar-refractivity contribution in [1.82, 2.24) is 25.4 Å². The predicted octanol–water partition coefficient (Wildman–Crippen LogP) is 2.24. The van der Waals surface area contributed by atoms with Crippen molar-refractivity contribution in [2.75, 3.05) is 32.6 Å². The zero-order valence-electron chi connectivity index (χ0n) is 16.6. The Morgan fingerprint density at radius 2 is 1.89 bits per heavy atom. The molecule has 2 aromatic heterocycles. The third-order valence-corrected chi connectivity index (χ3v) is 4.37. The fourth-order valence-corrected chi connectivity index (χ4v) is 2.93. The number of anilines is 1. The van der Waals surface area contributed by atoms with Crippen LogP contribution in [0.5, 0.6) is 0 Å². The van der Waals surface area contributed by atoms with Crippen LogP contribution in [0, 0.1) is 0 Å². The first-order chi connectivity index (χ1) is 13.7. The molecule has 146 valence electrons. The molecular weight excluding hydrogens is 350 g/mol. The smallest absolute Gasteiger partial charge is 0.191 e. The maximum Gasteiger partial charge on any atom is 0.191 e. The molecule has 3 aromatic rings. The number of aliphatic imine (C=N–C) groups is 1. The number of hydrogen-bond donors (Lipinski definition) is 2. The van der Waals surface area contributed by atoms with Crippen molar-refractivity contribution in [2.45, 2.75) is 13.0 Å². The number of rotatable bonds is 7. The first-order valence-corrected chi connectivity index (χ1v) is 9.32. The van der Waals surface area contributed by atoms with Gasteiger partial charge in [0.2, 0.25) is 0 Å². The number of pyridine rings is 1. The fourth-order valence-electron chi connectivity index (χ4n) is 2.93. The minimum absolute atomic E-state index is 0.666. The van der Waals surface area contributed by atoms with E-state index in [1.54, 1.807) is 13.2 Å². The number of nitrogens with zero attached hydrogens (tertiary/aromatic N) is 5. The number of benzene rings is 1. The van der Waals surface area contributed by atoms with E-state index in [2.05, 4.69) is 56.0 Å². The highest BCUT2D eigenvalue weighted by Crippen LogP contribution is 2.13. The van der Waals surface area contributed by atoms with Crippen molar-refractivity contribution >= 4 is 11.8 Å². The average Bonchev–Trinajstić information content (AvgIpc) is 3.26. The molecule has 2 heterocycles. The quantitative estimate of drug-likeness (QED) is 0.488. The van der Waals surface area contributed by atoms with E-state index in [4.69, 9.17) is 0 Å². The van der Waals surface area contributed by atoms with Gasteiger partial charge in [0.25, 0.3) is 0 Å². The Bertz CT molecular complexity index is 883. The molecule has 2 N–H and O–H groups in total. The van der Waals surface area contributed by atoms with Crippen molar-refractivity contribution in [2.24, 2.45) is 4.99 Å². The van der Waals surface area contributed by atoms with E-state index >= 15 is 0 Å². The molecule has 0 saturated heterocycles. The summed E-state index contributed by atoms with van der Waals surface area (Å²) < 4.78 is 1.86. The average molecular weight is 377 g/mol. The first kappa shape index (κ1) is 19.4. The molecule has 0 spiro atoms. The number of aromatic nitrogens is 3. The van der Waals surface area contributed by atoms with Crippen LogP contribution in [-0.4, -0.2) is 48.4 Å². The number of nitrogens with one attached hydrogen (secondary N) is 2. The zero-order chi connectivity index (χ0) is 19.8. The third kappa shape index (κ3) is 5.09. The van der Waals surface area contributed by atoms with Gasteiger partial charge in [-0.3, -0.25) is 4.99 Å². The summed E-state index contributed by atoms with van der Waals surface area (Å²) in [5.41, 5.74) is 3.46. The van der Waals surface area contributed by atoms with Gasteiger partial charge in [-0.05, 0) is 36.2 Å². The minimum Gasteiger partial charge on any atom is -0.362 e. The van der Waals surface area contributed by atoms with Crippen LogP contribution in [0.2, 0.25) is 0 Å². The monoisotopic (exact) mass is 377 g/mol. The molecule has 0 aliphatic rings. The van der Waals surface area contributed by atoms with E-state index in [0.29, 0.717) is 6.54 Å². The van der Waals surface area contributed by atoms with Gasteiger partial charge in [-0.1, -0.05) is 18.2 Å². The molecule has 0 aliphatic heterocycles. The largest absolute Gasteiger partial charge is 0.362 e. The Morgan fingerprint density at radius 1 is 1.07 bits per heavy atom. The van der Waals surface area contributed by atoms with Crippen LogP contribution < -0.4 is 15.5 Å². The highest BCUT2D eigenvalue weighted by molar-refractivity contribution is 5.79. The highest BCUT2D eigenvalue weighted by atomic mass is 15.3. The van der Waals surface area contributed by atoms with Gasteiger partial charge in [0.05, 0.1) is 5.69 Å². The molecule has 0 saturated carbocycles. The van der Waals surface area contributed by atoms with E-state index in [1.807, 2.05) is 48.2 Å². The van der Waals surface area contributed by atoms with Crippen LogP contribution in [0.15, 0.2) is 66.0 Å². The summed E-state index contributed by atoms with van der Waals surface area (Å²) in [5, 5.41) is 11.0. The van der Waals surface area contributed by atoms with Crippen molar-refractivity contribution in [3.8, 4) is 5.69 Å². The van der Waals surface area contributed by atoms with Crippen molar-refractivity contribution < 1.29 is 0 Å².